The molecule has 1 heterocycles. The molecule has 10 N–H and O–H groups in total. The molecule has 1 aromatic rings. The number of hydrogen-bond donors (Lipinski definition) is 7. The van der Waals surface area contributed by atoms with E-state index in [1.165, 1.54) is 6.92 Å². The molecule has 0 aliphatic carbocycles. The topological polar surface area (TPSA) is 294 Å². The van der Waals surface area contributed by atoms with E-state index in [0.717, 1.165) is 10.5 Å². The molecule has 7 amide bonds. The van der Waals surface area contributed by atoms with E-state index in [1.54, 1.807) is 44.2 Å². The molecule has 0 saturated carbocycles. The Morgan fingerprint density at radius 1 is 0.904 bits per heavy atom. The molecule has 18 heteroatoms. The predicted molar refractivity (Wildman–Crippen MR) is 182 cm³/mol. The summed E-state index contributed by atoms with van der Waals surface area (Å²) >= 11 is 0. The van der Waals surface area contributed by atoms with Crippen LogP contribution in [-0.2, 0) is 49.6 Å². The first-order chi connectivity index (χ1) is 24.5. The molecular weight excluding hydrogens is 680 g/mol. The number of hydrogen-bond acceptors (Lipinski definition) is 10. The summed E-state index contributed by atoms with van der Waals surface area (Å²) in [7, 11) is 0. The number of nitrogens with zero attached hydrogens (tertiary/aromatic N) is 1. The number of quaternary nitrogens is 1. The molecule has 0 aromatic heterocycles. The van der Waals surface area contributed by atoms with Crippen LogP contribution < -0.4 is 43.2 Å². The van der Waals surface area contributed by atoms with Crippen LogP contribution in [0, 0.1) is 5.92 Å². The lowest BCUT2D eigenvalue weighted by Gasteiger charge is -2.31. The molecular formula is C34H50N8O10. The maximum atomic E-state index is 13.7. The number of carbonyl (C=O) groups is 9. The number of likely N-dealkylation sites (tertiary alicyclic amines) is 1. The second kappa shape index (κ2) is 21.1. The quantitative estimate of drug-likeness (QED) is 0.0596. The van der Waals surface area contributed by atoms with Crippen molar-refractivity contribution in [3.63, 3.8) is 0 Å². The van der Waals surface area contributed by atoms with E-state index in [1.807, 2.05) is 0 Å². The van der Waals surface area contributed by atoms with Crippen molar-refractivity contribution in [2.24, 2.45) is 11.7 Å². The highest BCUT2D eigenvalue weighted by Gasteiger charge is 2.39. The molecule has 18 nitrogen and oxygen atoms in total. The van der Waals surface area contributed by atoms with Crippen molar-refractivity contribution in [1.29, 1.82) is 0 Å². The number of carboxylic acid groups (broad SMARTS) is 1. The summed E-state index contributed by atoms with van der Waals surface area (Å²) in [5.41, 5.74) is 9.57. The lowest BCUT2D eigenvalue weighted by Crippen LogP contribution is -2.69. The van der Waals surface area contributed by atoms with Crippen LogP contribution in [0.15, 0.2) is 30.3 Å². The highest BCUT2D eigenvalue weighted by atomic mass is 16.4. The predicted octanol–water partition coefficient (Wildman–Crippen LogP) is -4.44. The van der Waals surface area contributed by atoms with Gasteiger partial charge in [-0.15, -0.1) is 0 Å². The minimum Gasteiger partial charge on any atom is -0.550 e. The number of nitrogens with one attached hydrogen (secondary N) is 5. The minimum absolute atomic E-state index is 0.0344. The normalized spacial score (nSPS) is 16.7. The van der Waals surface area contributed by atoms with Crippen LogP contribution in [0.3, 0.4) is 0 Å². The molecule has 1 aliphatic rings. The maximum Gasteiger partial charge on any atom is 0.278 e. The first kappa shape index (κ1) is 42.8. The Hall–Kier alpha value is -5.39. The van der Waals surface area contributed by atoms with Gasteiger partial charge in [0.2, 0.25) is 35.4 Å². The van der Waals surface area contributed by atoms with Gasteiger partial charge in [0.05, 0.1) is 6.54 Å². The zero-order valence-corrected chi connectivity index (χ0v) is 29.7. The zero-order chi connectivity index (χ0) is 39.0. The Morgan fingerprint density at radius 3 is 2.13 bits per heavy atom. The van der Waals surface area contributed by atoms with Crippen molar-refractivity contribution in [3.8, 4) is 0 Å². The number of carboxylic acids is 1. The third-order valence-corrected chi connectivity index (χ3v) is 8.30. The lowest BCUT2D eigenvalue weighted by molar-refractivity contribution is -0.405. The van der Waals surface area contributed by atoms with Crippen molar-refractivity contribution >= 4 is 53.6 Å². The molecule has 0 spiro atoms. The summed E-state index contributed by atoms with van der Waals surface area (Å²) in [5, 5.41) is 24.1. The fourth-order valence-electron chi connectivity index (χ4n) is 5.58. The first-order valence-corrected chi connectivity index (χ1v) is 17.1. The maximum absolute atomic E-state index is 13.7. The number of primary amides is 1. The summed E-state index contributed by atoms with van der Waals surface area (Å²) in [6.07, 6.45) is 0.242. The molecule has 6 atom stereocenters. The van der Waals surface area contributed by atoms with Gasteiger partial charge in [0, 0.05) is 38.2 Å². The van der Waals surface area contributed by atoms with Crippen LogP contribution in [0.25, 0.3) is 0 Å². The molecule has 1 aliphatic heterocycles. The van der Waals surface area contributed by atoms with Crippen LogP contribution in [0.4, 0.5) is 0 Å². The third kappa shape index (κ3) is 14.1. The average molecular weight is 731 g/mol. The number of aliphatic carboxylic acids is 1. The van der Waals surface area contributed by atoms with E-state index in [9.17, 15) is 48.3 Å². The number of rotatable bonds is 21. The smallest absolute Gasteiger partial charge is 0.278 e. The van der Waals surface area contributed by atoms with Gasteiger partial charge in [-0.2, -0.15) is 0 Å². The second-order valence-electron chi connectivity index (χ2n) is 13.1. The van der Waals surface area contributed by atoms with Crippen molar-refractivity contribution in [2.45, 2.75) is 102 Å². The van der Waals surface area contributed by atoms with Crippen LogP contribution in [0.1, 0.15) is 64.9 Å². The molecule has 0 unspecified atom stereocenters. The highest BCUT2D eigenvalue weighted by Crippen LogP contribution is 2.20. The molecule has 2 rings (SSSR count). The molecule has 1 fully saturated rings. The van der Waals surface area contributed by atoms with Gasteiger partial charge >= 0.3 is 0 Å². The lowest BCUT2D eigenvalue weighted by atomic mass is 10.0. The standard InChI is InChI=1S/C34H50N8O10/c1-19(2)16-23(40-30(48)22(35)11-12-27(36)44)32(50)41-25(18-28(45)46)34(52)42-14-7-10-26(42)33(51)38-20(3)29(47)39-24(31(49)37-13-15-43)17-21-8-5-4-6-9-21/h4-6,8-9,15,19-20,22-26H,7,10-14,16-18,35H2,1-3H3,(H2,36,44)(H,37,49)(H,38,51)(H,39,47)(H,40,48)(H,41,50)(H,45,46)/t20-,22-,23-,24-,25-,26-/m0/s1. The number of nitrogens with two attached hydrogens (primary N) is 1. The van der Waals surface area contributed by atoms with Crippen LogP contribution >= 0.6 is 0 Å². The monoisotopic (exact) mass is 730 g/mol. The summed E-state index contributed by atoms with van der Waals surface area (Å²) in [4.78, 5) is 114. The SMILES string of the molecule is CC(C)C[C@H](NC(=O)[C@@H]([NH3+])CCC(N)=O)C(=O)N[C@@H](CC(=O)[O-])C(=O)N1CCC[C@H]1C(=O)N[C@@H](C)C(=O)N[C@@H](Cc1ccccc1)C(=O)NCC=O. The van der Waals surface area contributed by atoms with Gasteiger partial charge < -0.3 is 57.6 Å². The summed E-state index contributed by atoms with van der Waals surface area (Å²) in [5.74, 6) is -6.83. The number of benzene rings is 1. The highest BCUT2D eigenvalue weighted by molar-refractivity contribution is 5.98. The number of carbonyl (C=O) groups excluding carboxylic acids is 9. The van der Waals surface area contributed by atoms with Crippen molar-refractivity contribution in [2.75, 3.05) is 13.1 Å². The Morgan fingerprint density at radius 2 is 1.54 bits per heavy atom. The Bertz CT molecular complexity index is 1460. The van der Waals surface area contributed by atoms with Crippen LogP contribution in [0.5, 0.6) is 0 Å². The Balaban J connectivity index is 2.15. The summed E-state index contributed by atoms with van der Waals surface area (Å²) in [6, 6.07) is 1.67. The van der Waals surface area contributed by atoms with Crippen LogP contribution in [-0.4, -0.2) is 108 Å². The van der Waals surface area contributed by atoms with E-state index >= 15 is 0 Å². The van der Waals surface area contributed by atoms with Crippen molar-refractivity contribution in [3.05, 3.63) is 35.9 Å². The first-order valence-electron chi connectivity index (χ1n) is 17.1. The van der Waals surface area contributed by atoms with Gasteiger partial charge in [0.15, 0.2) is 6.04 Å². The Kier molecular flexibility index (Phi) is 17.3. The molecule has 52 heavy (non-hydrogen) atoms. The fourth-order valence-corrected chi connectivity index (χ4v) is 5.58. The molecule has 286 valence electrons. The second-order valence-corrected chi connectivity index (χ2v) is 13.1. The molecule has 1 saturated heterocycles. The number of amides is 7. The molecule has 0 bridgehead atoms. The van der Waals surface area contributed by atoms with E-state index in [4.69, 9.17) is 5.73 Å². The van der Waals surface area contributed by atoms with Gasteiger partial charge in [-0.05, 0) is 37.7 Å². The van der Waals surface area contributed by atoms with Gasteiger partial charge in [-0.25, -0.2) is 0 Å². The average Bonchev–Trinajstić information content (AvgIpc) is 3.58. The summed E-state index contributed by atoms with van der Waals surface area (Å²) < 4.78 is 0. The van der Waals surface area contributed by atoms with Gasteiger partial charge in [-0.1, -0.05) is 44.2 Å². The van der Waals surface area contributed by atoms with E-state index in [-0.39, 0.29) is 51.1 Å². The Labute approximate surface area is 301 Å². The van der Waals surface area contributed by atoms with E-state index in [2.05, 4.69) is 32.3 Å². The van der Waals surface area contributed by atoms with Crippen LogP contribution in [0.2, 0.25) is 0 Å². The fraction of sp³-hybridized carbons (Fsp3) is 0.559. The van der Waals surface area contributed by atoms with Crippen molar-refractivity contribution < 1.29 is 54.0 Å². The van der Waals surface area contributed by atoms with E-state index < -0.39 is 90.0 Å². The van der Waals surface area contributed by atoms with Gasteiger partial charge in [0.25, 0.3) is 5.91 Å². The van der Waals surface area contributed by atoms with E-state index in [0.29, 0.717) is 12.7 Å². The third-order valence-electron chi connectivity index (χ3n) is 8.30. The zero-order valence-electron chi connectivity index (χ0n) is 29.7. The van der Waals surface area contributed by atoms with Gasteiger partial charge in [0.1, 0.15) is 36.5 Å². The molecule has 0 radical (unpaired) electrons. The largest absolute Gasteiger partial charge is 0.550 e. The molecule has 1 aromatic carbocycles. The minimum atomic E-state index is -1.66. The van der Waals surface area contributed by atoms with Gasteiger partial charge in [-0.3, -0.25) is 33.6 Å². The number of aldehydes is 1. The summed E-state index contributed by atoms with van der Waals surface area (Å²) in [6.45, 7) is 4.72. The van der Waals surface area contributed by atoms with Crippen molar-refractivity contribution in [1.82, 2.24) is 31.5 Å².